The van der Waals surface area contributed by atoms with Gasteiger partial charge in [-0.25, -0.2) is 4.98 Å². The van der Waals surface area contributed by atoms with Crippen LogP contribution in [0.15, 0.2) is 36.7 Å². The molecule has 0 aliphatic carbocycles. The molecule has 1 aromatic heterocycles. The third kappa shape index (κ3) is 2.88. The van der Waals surface area contributed by atoms with E-state index in [0.717, 1.165) is 11.3 Å². The number of aryl methyl sites for hydroxylation is 1. The molecule has 1 aromatic carbocycles. The summed E-state index contributed by atoms with van der Waals surface area (Å²) in [6.45, 7) is 4.47. The molecule has 2 aromatic rings. The molecule has 98 valence electrons. The fourth-order valence-corrected chi connectivity index (χ4v) is 1.79. The van der Waals surface area contributed by atoms with Gasteiger partial charge in [0.05, 0.1) is 12.4 Å². The Morgan fingerprint density at radius 2 is 1.95 bits per heavy atom. The summed E-state index contributed by atoms with van der Waals surface area (Å²) in [7, 11) is 0. The number of benzene rings is 1. The summed E-state index contributed by atoms with van der Waals surface area (Å²) in [6, 6.07) is 7.76. The van der Waals surface area contributed by atoms with E-state index >= 15 is 0 Å². The van der Waals surface area contributed by atoms with Gasteiger partial charge in [0.1, 0.15) is 11.5 Å². The zero-order valence-electron chi connectivity index (χ0n) is 11.0. The number of nitrogen functional groups attached to an aromatic ring is 1. The zero-order chi connectivity index (χ0) is 13.8. The van der Waals surface area contributed by atoms with Crippen LogP contribution in [-0.4, -0.2) is 22.4 Å². The monoisotopic (exact) mass is 256 g/mol. The maximum Gasteiger partial charge on any atom is 0.278 e. The number of hydrogen-bond donors (Lipinski definition) is 1. The maximum absolute atomic E-state index is 12.4. The first-order valence-electron chi connectivity index (χ1n) is 6.08. The van der Waals surface area contributed by atoms with Crippen molar-refractivity contribution in [2.45, 2.75) is 13.8 Å². The topological polar surface area (TPSA) is 72.1 Å². The summed E-state index contributed by atoms with van der Waals surface area (Å²) in [5, 5.41) is 0. The minimum atomic E-state index is -0.203. The molecule has 1 amide bonds. The van der Waals surface area contributed by atoms with E-state index in [4.69, 9.17) is 5.73 Å². The van der Waals surface area contributed by atoms with Gasteiger partial charge in [0.2, 0.25) is 0 Å². The predicted molar refractivity (Wildman–Crippen MR) is 75.0 cm³/mol. The Balaban J connectivity index is 2.31. The standard InChI is InChI=1S/C14H16N4O/c1-3-18(11-6-4-10(2)5-7-11)14(19)12-8-16-9-13(15)17-12/h4-9H,3H2,1-2H3,(H2,15,17). The number of rotatable bonds is 3. The predicted octanol–water partition coefficient (Wildman–Crippen LogP) is 2.03. The van der Waals surface area contributed by atoms with Crippen LogP contribution in [-0.2, 0) is 0 Å². The van der Waals surface area contributed by atoms with Crippen molar-refractivity contribution < 1.29 is 4.79 Å². The number of nitrogens with zero attached hydrogens (tertiary/aromatic N) is 3. The summed E-state index contributed by atoms with van der Waals surface area (Å²) >= 11 is 0. The number of aromatic nitrogens is 2. The van der Waals surface area contributed by atoms with Crippen molar-refractivity contribution in [2.75, 3.05) is 17.2 Å². The number of nitrogens with two attached hydrogens (primary N) is 1. The molecule has 0 saturated carbocycles. The fourth-order valence-electron chi connectivity index (χ4n) is 1.79. The molecule has 0 aliphatic rings. The molecule has 0 fully saturated rings. The Bertz CT molecular complexity index is 580. The highest BCUT2D eigenvalue weighted by atomic mass is 16.2. The van der Waals surface area contributed by atoms with Crippen LogP contribution in [0.25, 0.3) is 0 Å². The van der Waals surface area contributed by atoms with Crippen LogP contribution < -0.4 is 10.6 Å². The van der Waals surface area contributed by atoms with Gasteiger partial charge in [0.25, 0.3) is 5.91 Å². The first-order valence-corrected chi connectivity index (χ1v) is 6.08. The lowest BCUT2D eigenvalue weighted by molar-refractivity contribution is 0.0983. The third-order valence-electron chi connectivity index (χ3n) is 2.78. The molecule has 0 radical (unpaired) electrons. The van der Waals surface area contributed by atoms with E-state index in [9.17, 15) is 4.79 Å². The Morgan fingerprint density at radius 1 is 1.26 bits per heavy atom. The first-order chi connectivity index (χ1) is 9.11. The summed E-state index contributed by atoms with van der Waals surface area (Å²) < 4.78 is 0. The van der Waals surface area contributed by atoms with Crippen molar-refractivity contribution >= 4 is 17.4 Å². The lowest BCUT2D eigenvalue weighted by Crippen LogP contribution is -2.31. The van der Waals surface area contributed by atoms with Gasteiger partial charge in [-0.05, 0) is 26.0 Å². The quantitative estimate of drug-likeness (QED) is 0.912. The number of carbonyl (C=O) groups is 1. The summed E-state index contributed by atoms with van der Waals surface area (Å²) in [5.74, 6) is 0.0389. The highest BCUT2D eigenvalue weighted by Crippen LogP contribution is 2.17. The first kappa shape index (κ1) is 13.0. The van der Waals surface area contributed by atoms with Crippen molar-refractivity contribution in [3.05, 3.63) is 47.9 Å². The Labute approximate surface area is 112 Å². The van der Waals surface area contributed by atoms with Crippen molar-refractivity contribution in [1.29, 1.82) is 0 Å². The molecule has 1 heterocycles. The normalized spacial score (nSPS) is 10.2. The van der Waals surface area contributed by atoms with E-state index < -0.39 is 0 Å². The maximum atomic E-state index is 12.4. The van der Waals surface area contributed by atoms with Crippen LogP contribution in [0.3, 0.4) is 0 Å². The third-order valence-corrected chi connectivity index (χ3v) is 2.78. The largest absolute Gasteiger partial charge is 0.382 e. The number of hydrogen-bond acceptors (Lipinski definition) is 4. The highest BCUT2D eigenvalue weighted by Gasteiger charge is 2.17. The molecule has 2 rings (SSSR count). The molecule has 0 saturated heterocycles. The van der Waals surface area contributed by atoms with Crippen molar-refractivity contribution in [1.82, 2.24) is 9.97 Å². The van der Waals surface area contributed by atoms with E-state index in [2.05, 4.69) is 9.97 Å². The minimum absolute atomic E-state index is 0.203. The molecular weight excluding hydrogens is 240 g/mol. The lowest BCUT2D eigenvalue weighted by atomic mass is 10.2. The van der Waals surface area contributed by atoms with Crippen LogP contribution in [0.4, 0.5) is 11.5 Å². The smallest absolute Gasteiger partial charge is 0.278 e. The highest BCUT2D eigenvalue weighted by molar-refractivity contribution is 6.04. The lowest BCUT2D eigenvalue weighted by Gasteiger charge is -2.20. The van der Waals surface area contributed by atoms with Crippen LogP contribution >= 0.6 is 0 Å². The van der Waals surface area contributed by atoms with Crippen LogP contribution in [0.2, 0.25) is 0 Å². The van der Waals surface area contributed by atoms with Crippen molar-refractivity contribution in [3.8, 4) is 0 Å². The fraction of sp³-hybridized carbons (Fsp3) is 0.214. The molecule has 5 nitrogen and oxygen atoms in total. The number of amides is 1. The molecule has 0 unspecified atom stereocenters. The second kappa shape index (κ2) is 5.48. The average Bonchev–Trinajstić information content (AvgIpc) is 2.41. The van der Waals surface area contributed by atoms with E-state index in [-0.39, 0.29) is 17.4 Å². The Hall–Kier alpha value is -2.43. The molecule has 0 aliphatic heterocycles. The zero-order valence-corrected chi connectivity index (χ0v) is 11.0. The SMILES string of the molecule is CCN(C(=O)c1cncc(N)n1)c1ccc(C)cc1. The van der Waals surface area contributed by atoms with Crippen molar-refractivity contribution in [2.24, 2.45) is 0 Å². The molecule has 0 spiro atoms. The van der Waals surface area contributed by atoms with E-state index in [0.29, 0.717) is 6.54 Å². The van der Waals surface area contributed by atoms with E-state index in [1.54, 1.807) is 4.90 Å². The van der Waals surface area contributed by atoms with Crippen molar-refractivity contribution in [3.63, 3.8) is 0 Å². The average molecular weight is 256 g/mol. The van der Waals surface area contributed by atoms with Gasteiger partial charge in [-0.15, -0.1) is 0 Å². The van der Waals surface area contributed by atoms with Crippen LogP contribution in [0, 0.1) is 6.92 Å². The molecule has 2 N–H and O–H groups in total. The second-order valence-electron chi connectivity index (χ2n) is 4.21. The van der Waals surface area contributed by atoms with Gasteiger partial charge >= 0.3 is 0 Å². The molecular formula is C14H16N4O. The second-order valence-corrected chi connectivity index (χ2v) is 4.21. The van der Waals surface area contributed by atoms with Gasteiger partial charge in [-0.1, -0.05) is 17.7 Å². The summed E-state index contributed by atoms with van der Waals surface area (Å²) in [4.78, 5) is 21.9. The van der Waals surface area contributed by atoms with E-state index in [1.165, 1.54) is 12.4 Å². The van der Waals surface area contributed by atoms with Gasteiger partial charge < -0.3 is 10.6 Å². The van der Waals surface area contributed by atoms with Gasteiger partial charge in [-0.2, -0.15) is 0 Å². The Kier molecular flexibility index (Phi) is 3.75. The molecule has 19 heavy (non-hydrogen) atoms. The van der Waals surface area contributed by atoms with Gasteiger partial charge in [0, 0.05) is 12.2 Å². The van der Waals surface area contributed by atoms with Gasteiger partial charge in [0.15, 0.2) is 0 Å². The summed E-state index contributed by atoms with van der Waals surface area (Å²) in [6.07, 6.45) is 2.84. The number of carbonyl (C=O) groups excluding carboxylic acids is 1. The molecule has 0 bridgehead atoms. The molecule has 5 heteroatoms. The molecule has 0 atom stereocenters. The van der Waals surface area contributed by atoms with Crippen LogP contribution in [0.5, 0.6) is 0 Å². The van der Waals surface area contributed by atoms with E-state index in [1.807, 2.05) is 38.1 Å². The van der Waals surface area contributed by atoms with Crippen LogP contribution in [0.1, 0.15) is 23.0 Å². The summed E-state index contributed by atoms with van der Waals surface area (Å²) in [5.41, 5.74) is 7.79. The minimum Gasteiger partial charge on any atom is -0.382 e. The van der Waals surface area contributed by atoms with Gasteiger partial charge in [-0.3, -0.25) is 9.78 Å². The Morgan fingerprint density at radius 3 is 2.53 bits per heavy atom. The number of anilines is 2.